The van der Waals surface area contributed by atoms with E-state index in [-0.39, 0.29) is 16.6 Å². The number of carbonyl (C=O) groups is 1. The normalized spacial score (nSPS) is 16.3. The van der Waals surface area contributed by atoms with E-state index in [0.29, 0.717) is 24.7 Å². The minimum absolute atomic E-state index is 0.0373. The molecule has 9 heteroatoms. The standard InChI is InChI=1S/C21H23FN2O5S/c22-15-5-7-17(8-6-15)24(14-21(25)23-16-3-1-2-4-16)30(26,27)18-9-10-19-20(13-18)29-12-11-28-19/h5-10,13,16H,1-4,11-12,14H2,(H,23,25). The number of halogens is 1. The van der Waals surface area contributed by atoms with Crippen molar-refractivity contribution in [3.63, 3.8) is 0 Å². The number of amides is 1. The van der Waals surface area contributed by atoms with Gasteiger partial charge in [0.05, 0.1) is 10.6 Å². The molecule has 1 aliphatic heterocycles. The van der Waals surface area contributed by atoms with Crippen LogP contribution in [-0.2, 0) is 14.8 Å². The van der Waals surface area contributed by atoms with Gasteiger partial charge in [0.25, 0.3) is 10.0 Å². The molecule has 0 spiro atoms. The second-order valence-corrected chi connectivity index (χ2v) is 9.20. The van der Waals surface area contributed by atoms with E-state index < -0.39 is 28.3 Å². The third kappa shape index (κ3) is 4.35. The third-order valence-corrected chi connectivity index (χ3v) is 6.99. The summed E-state index contributed by atoms with van der Waals surface area (Å²) in [5.41, 5.74) is 0.202. The van der Waals surface area contributed by atoms with Crippen LogP contribution in [0.3, 0.4) is 0 Å². The summed E-state index contributed by atoms with van der Waals surface area (Å²) in [4.78, 5) is 12.6. The summed E-state index contributed by atoms with van der Waals surface area (Å²) in [5, 5.41) is 2.90. The van der Waals surface area contributed by atoms with Crippen molar-refractivity contribution >= 4 is 21.6 Å². The molecule has 2 aromatic carbocycles. The van der Waals surface area contributed by atoms with Crippen LogP contribution in [0.1, 0.15) is 25.7 Å². The van der Waals surface area contributed by atoms with Crippen LogP contribution in [0.4, 0.5) is 10.1 Å². The molecule has 1 N–H and O–H groups in total. The van der Waals surface area contributed by atoms with Gasteiger partial charge in [-0.3, -0.25) is 9.10 Å². The number of nitrogens with one attached hydrogen (secondary N) is 1. The second-order valence-electron chi connectivity index (χ2n) is 7.34. The number of carbonyl (C=O) groups excluding carboxylic acids is 1. The molecule has 1 amide bonds. The van der Waals surface area contributed by atoms with Crippen molar-refractivity contribution in [1.82, 2.24) is 5.32 Å². The van der Waals surface area contributed by atoms with E-state index in [1.54, 1.807) is 0 Å². The van der Waals surface area contributed by atoms with Crippen molar-refractivity contribution in [2.45, 2.75) is 36.6 Å². The number of sulfonamides is 1. The highest BCUT2D eigenvalue weighted by atomic mass is 32.2. The van der Waals surface area contributed by atoms with Crippen molar-refractivity contribution in [3.05, 3.63) is 48.3 Å². The zero-order valence-electron chi connectivity index (χ0n) is 16.3. The van der Waals surface area contributed by atoms with Crippen molar-refractivity contribution < 1.29 is 27.1 Å². The molecule has 1 fully saturated rings. The predicted octanol–water partition coefficient (Wildman–Crippen LogP) is 2.85. The predicted molar refractivity (Wildman–Crippen MR) is 109 cm³/mol. The lowest BCUT2D eigenvalue weighted by Gasteiger charge is -2.26. The minimum Gasteiger partial charge on any atom is -0.486 e. The number of fused-ring (bicyclic) bond motifs is 1. The maximum Gasteiger partial charge on any atom is 0.264 e. The monoisotopic (exact) mass is 434 g/mol. The summed E-state index contributed by atoms with van der Waals surface area (Å²) in [5.74, 6) is -0.0949. The van der Waals surface area contributed by atoms with Crippen molar-refractivity contribution in [2.24, 2.45) is 0 Å². The summed E-state index contributed by atoms with van der Waals surface area (Å²) < 4.78 is 52.2. The van der Waals surface area contributed by atoms with E-state index in [0.717, 1.165) is 42.1 Å². The van der Waals surface area contributed by atoms with Crippen LogP contribution in [-0.4, -0.2) is 40.1 Å². The van der Waals surface area contributed by atoms with E-state index in [1.807, 2.05) is 0 Å². The Bertz CT molecular complexity index is 1020. The highest BCUT2D eigenvalue weighted by Crippen LogP contribution is 2.34. The highest BCUT2D eigenvalue weighted by Gasteiger charge is 2.30. The summed E-state index contributed by atoms with van der Waals surface area (Å²) in [6.45, 7) is 0.309. The minimum atomic E-state index is -4.11. The van der Waals surface area contributed by atoms with E-state index in [2.05, 4.69) is 5.32 Å². The molecular weight excluding hydrogens is 411 g/mol. The van der Waals surface area contributed by atoms with Gasteiger partial charge >= 0.3 is 0 Å². The first-order valence-electron chi connectivity index (χ1n) is 9.91. The number of hydrogen-bond donors (Lipinski definition) is 1. The number of anilines is 1. The van der Waals surface area contributed by atoms with Gasteiger partial charge in [0.1, 0.15) is 25.6 Å². The number of rotatable bonds is 6. The topological polar surface area (TPSA) is 84.9 Å². The van der Waals surface area contributed by atoms with Gasteiger partial charge in [0.2, 0.25) is 5.91 Å². The number of ether oxygens (including phenoxy) is 2. The number of nitrogens with zero attached hydrogens (tertiary/aromatic N) is 1. The average Bonchev–Trinajstić information content (AvgIpc) is 3.25. The summed E-state index contributed by atoms with van der Waals surface area (Å²) in [7, 11) is -4.11. The van der Waals surface area contributed by atoms with Crippen LogP contribution < -0.4 is 19.1 Å². The van der Waals surface area contributed by atoms with Gasteiger partial charge in [-0.25, -0.2) is 12.8 Å². The first-order chi connectivity index (χ1) is 14.4. The van der Waals surface area contributed by atoms with E-state index in [9.17, 15) is 17.6 Å². The molecule has 160 valence electrons. The molecule has 0 aromatic heterocycles. The van der Waals surface area contributed by atoms with Gasteiger partial charge in [-0.1, -0.05) is 12.8 Å². The zero-order valence-corrected chi connectivity index (χ0v) is 17.2. The zero-order chi connectivity index (χ0) is 21.1. The SMILES string of the molecule is O=C(CN(c1ccc(F)cc1)S(=O)(=O)c1ccc2c(c1)OCCO2)NC1CCCC1. The van der Waals surface area contributed by atoms with Gasteiger partial charge < -0.3 is 14.8 Å². The van der Waals surface area contributed by atoms with E-state index >= 15 is 0 Å². The third-order valence-electron chi connectivity index (χ3n) is 5.22. The Morgan fingerprint density at radius 1 is 1.03 bits per heavy atom. The Morgan fingerprint density at radius 2 is 1.70 bits per heavy atom. The Labute approximate surface area is 174 Å². The Hall–Kier alpha value is -2.81. The van der Waals surface area contributed by atoms with Crippen molar-refractivity contribution in [3.8, 4) is 11.5 Å². The summed E-state index contributed by atoms with van der Waals surface area (Å²) >= 11 is 0. The van der Waals surface area contributed by atoms with Crippen molar-refractivity contribution in [2.75, 3.05) is 24.1 Å². The van der Waals surface area contributed by atoms with Gasteiger partial charge in [-0.15, -0.1) is 0 Å². The molecule has 1 saturated carbocycles. The quantitative estimate of drug-likeness (QED) is 0.756. The highest BCUT2D eigenvalue weighted by molar-refractivity contribution is 7.92. The first-order valence-corrected chi connectivity index (χ1v) is 11.3. The molecule has 30 heavy (non-hydrogen) atoms. The molecule has 2 aliphatic rings. The lowest BCUT2D eigenvalue weighted by atomic mass is 10.2. The van der Waals surface area contributed by atoms with Crippen LogP contribution in [0.25, 0.3) is 0 Å². The van der Waals surface area contributed by atoms with E-state index in [1.165, 1.54) is 30.3 Å². The molecule has 1 aliphatic carbocycles. The van der Waals surface area contributed by atoms with Gasteiger partial charge in [0.15, 0.2) is 11.5 Å². The number of hydrogen-bond acceptors (Lipinski definition) is 5. The smallest absolute Gasteiger partial charge is 0.264 e. The molecule has 7 nitrogen and oxygen atoms in total. The van der Waals surface area contributed by atoms with Gasteiger partial charge in [0, 0.05) is 12.1 Å². The van der Waals surface area contributed by atoms with Crippen LogP contribution in [0.2, 0.25) is 0 Å². The van der Waals surface area contributed by atoms with Crippen LogP contribution in [0.15, 0.2) is 47.4 Å². The molecular formula is C21H23FN2O5S. The maximum absolute atomic E-state index is 13.4. The Balaban J connectivity index is 1.65. The first kappa shape index (κ1) is 20.5. The fraction of sp³-hybridized carbons (Fsp3) is 0.381. The lowest BCUT2D eigenvalue weighted by Crippen LogP contribution is -2.43. The average molecular weight is 434 g/mol. The Kier molecular flexibility index (Phi) is 5.80. The Morgan fingerprint density at radius 3 is 2.40 bits per heavy atom. The number of benzene rings is 2. The fourth-order valence-corrected chi connectivity index (χ4v) is 5.14. The van der Waals surface area contributed by atoms with Crippen LogP contribution in [0, 0.1) is 5.82 Å². The lowest BCUT2D eigenvalue weighted by molar-refractivity contribution is -0.120. The molecule has 0 radical (unpaired) electrons. The molecule has 0 atom stereocenters. The molecule has 2 aromatic rings. The fourth-order valence-electron chi connectivity index (χ4n) is 3.71. The van der Waals surface area contributed by atoms with Crippen LogP contribution >= 0.6 is 0 Å². The molecule has 0 unspecified atom stereocenters. The second kappa shape index (κ2) is 8.51. The van der Waals surface area contributed by atoms with Crippen LogP contribution in [0.5, 0.6) is 11.5 Å². The molecule has 0 bridgehead atoms. The van der Waals surface area contributed by atoms with Crippen molar-refractivity contribution in [1.29, 1.82) is 0 Å². The summed E-state index contributed by atoms with van der Waals surface area (Å²) in [6, 6.07) is 9.39. The maximum atomic E-state index is 13.4. The molecule has 4 rings (SSSR count). The van der Waals surface area contributed by atoms with E-state index in [4.69, 9.17) is 9.47 Å². The van der Waals surface area contributed by atoms with Gasteiger partial charge in [-0.05, 0) is 49.2 Å². The molecule has 1 heterocycles. The molecule has 0 saturated heterocycles. The summed E-state index contributed by atoms with van der Waals surface area (Å²) in [6.07, 6.45) is 3.86. The largest absolute Gasteiger partial charge is 0.486 e. The van der Waals surface area contributed by atoms with Gasteiger partial charge in [-0.2, -0.15) is 0 Å².